The fraction of sp³-hybridized carbons (Fsp3) is 0.417. The summed E-state index contributed by atoms with van der Waals surface area (Å²) < 4.78 is 64.7. The monoisotopic (exact) mass is 546 g/mol. The van der Waals surface area contributed by atoms with Crippen molar-refractivity contribution in [2.75, 3.05) is 13.1 Å². The Morgan fingerprint density at radius 3 is 2.51 bits per heavy atom. The van der Waals surface area contributed by atoms with E-state index in [1.54, 1.807) is 17.0 Å². The quantitative estimate of drug-likeness (QED) is 0.240. The number of hydrogen-bond acceptors (Lipinski definition) is 4. The summed E-state index contributed by atoms with van der Waals surface area (Å²) in [5, 5.41) is -0.950. The maximum Gasteiger partial charge on any atom is 0.409 e. The second kappa shape index (κ2) is 8.64. The molecule has 1 amide bonds. The Bertz CT molecular complexity index is 1220. The molecular formula is C24H20Cl2F4N2O2S. The number of carbonyl (C=O) groups excluding carboxylic acids is 1. The molecule has 0 aromatic heterocycles. The molecular weight excluding hydrogens is 527 g/mol. The van der Waals surface area contributed by atoms with Gasteiger partial charge in [0, 0.05) is 12.8 Å². The van der Waals surface area contributed by atoms with Crippen LogP contribution < -0.4 is 0 Å². The standard InChI is InChI=1S/C24H20Cl2F4N2O2S/c1-2-3-20(33)32-11-22(12-32)16-5-4-13(6-14(16)10-34-22)19-9-23(35-31-19,24(28,29)30)15-7-17(25)21(27)18(26)8-15/h4-8H,2-3,9-12H2,1H3. The van der Waals surface area contributed by atoms with Crippen LogP contribution in [0.15, 0.2) is 34.7 Å². The topological polar surface area (TPSA) is 41.9 Å². The number of hydrogen-bond donors (Lipinski definition) is 0. The minimum Gasteiger partial charge on any atom is -0.362 e. The predicted molar refractivity (Wildman–Crippen MR) is 127 cm³/mol. The van der Waals surface area contributed by atoms with E-state index >= 15 is 0 Å². The lowest BCUT2D eigenvalue weighted by molar-refractivity contribution is -0.168. The van der Waals surface area contributed by atoms with Gasteiger partial charge >= 0.3 is 6.18 Å². The van der Waals surface area contributed by atoms with Crippen molar-refractivity contribution in [1.29, 1.82) is 0 Å². The molecule has 2 aromatic rings. The van der Waals surface area contributed by atoms with Crippen LogP contribution in [0.4, 0.5) is 17.6 Å². The van der Waals surface area contributed by atoms with Crippen molar-refractivity contribution in [3.05, 3.63) is 68.4 Å². The number of likely N-dealkylation sites (tertiary alicyclic amines) is 1. The second-order valence-electron chi connectivity index (χ2n) is 9.04. The maximum absolute atomic E-state index is 14.4. The highest BCUT2D eigenvalue weighted by molar-refractivity contribution is 7.99. The fourth-order valence-corrected chi connectivity index (χ4v) is 6.31. The van der Waals surface area contributed by atoms with Crippen LogP contribution in [0.25, 0.3) is 0 Å². The highest BCUT2D eigenvalue weighted by Gasteiger charge is 2.60. The van der Waals surface area contributed by atoms with E-state index in [-0.39, 0.29) is 17.2 Å². The summed E-state index contributed by atoms with van der Waals surface area (Å²) in [4.78, 5) is 13.9. The Labute approximate surface area is 213 Å². The Balaban J connectivity index is 1.40. The Morgan fingerprint density at radius 2 is 1.89 bits per heavy atom. The molecule has 0 aliphatic carbocycles. The van der Waals surface area contributed by atoms with Gasteiger partial charge in [-0.15, -0.1) is 0 Å². The van der Waals surface area contributed by atoms with Crippen molar-refractivity contribution >= 4 is 46.8 Å². The van der Waals surface area contributed by atoms with Gasteiger partial charge in [-0.1, -0.05) is 42.3 Å². The maximum atomic E-state index is 14.4. The lowest BCUT2D eigenvalue weighted by Crippen LogP contribution is -2.61. The van der Waals surface area contributed by atoms with E-state index in [2.05, 4.69) is 4.40 Å². The molecule has 35 heavy (non-hydrogen) atoms. The number of alkyl halides is 3. The van der Waals surface area contributed by atoms with E-state index in [4.69, 9.17) is 27.9 Å². The highest BCUT2D eigenvalue weighted by atomic mass is 35.5. The average Bonchev–Trinajstić information content (AvgIpc) is 3.39. The van der Waals surface area contributed by atoms with Crippen molar-refractivity contribution in [1.82, 2.24) is 4.90 Å². The molecule has 11 heteroatoms. The summed E-state index contributed by atoms with van der Waals surface area (Å²) >= 11 is 12.0. The first-order valence-corrected chi connectivity index (χ1v) is 12.5. The lowest BCUT2D eigenvalue weighted by Gasteiger charge is -2.47. The Hall–Kier alpha value is -1.81. The largest absolute Gasteiger partial charge is 0.409 e. The van der Waals surface area contributed by atoms with Crippen LogP contribution in [-0.4, -0.2) is 35.8 Å². The molecule has 1 spiro atoms. The lowest BCUT2D eigenvalue weighted by atomic mass is 9.83. The Morgan fingerprint density at radius 1 is 1.20 bits per heavy atom. The number of carbonyl (C=O) groups is 1. The molecule has 3 aliphatic rings. The molecule has 5 rings (SSSR count). The summed E-state index contributed by atoms with van der Waals surface area (Å²) in [5.41, 5.74) is 1.84. The molecule has 4 nitrogen and oxygen atoms in total. The van der Waals surface area contributed by atoms with Gasteiger partial charge in [0.2, 0.25) is 5.91 Å². The highest BCUT2D eigenvalue weighted by Crippen LogP contribution is 2.57. The molecule has 3 heterocycles. The van der Waals surface area contributed by atoms with Gasteiger partial charge in [0.25, 0.3) is 0 Å². The van der Waals surface area contributed by atoms with Gasteiger partial charge < -0.3 is 9.64 Å². The van der Waals surface area contributed by atoms with Gasteiger partial charge in [-0.25, -0.2) is 8.79 Å². The third-order valence-corrected chi connectivity index (χ3v) is 8.56. The molecule has 1 unspecified atom stereocenters. The van der Waals surface area contributed by atoms with E-state index in [1.165, 1.54) is 0 Å². The van der Waals surface area contributed by atoms with E-state index in [0.717, 1.165) is 29.7 Å². The van der Waals surface area contributed by atoms with Gasteiger partial charge in [-0.3, -0.25) is 4.79 Å². The van der Waals surface area contributed by atoms with Crippen molar-refractivity contribution < 1.29 is 27.1 Å². The third kappa shape index (κ3) is 3.95. The van der Waals surface area contributed by atoms with Gasteiger partial charge in [0.15, 0.2) is 10.6 Å². The van der Waals surface area contributed by atoms with Crippen LogP contribution in [0, 0.1) is 5.82 Å². The third-order valence-electron chi connectivity index (χ3n) is 6.78. The van der Waals surface area contributed by atoms with Crippen LogP contribution in [0.3, 0.4) is 0 Å². The van der Waals surface area contributed by atoms with Gasteiger partial charge in [-0.2, -0.15) is 13.2 Å². The number of nitrogens with zero attached hydrogens (tertiary/aromatic N) is 2. The van der Waals surface area contributed by atoms with Gasteiger partial charge in [0.1, 0.15) is 5.60 Å². The van der Waals surface area contributed by atoms with Gasteiger partial charge in [-0.05, 0) is 58.8 Å². The molecule has 2 aromatic carbocycles. The van der Waals surface area contributed by atoms with Crippen LogP contribution in [0.1, 0.15) is 48.4 Å². The zero-order chi connectivity index (χ0) is 25.2. The molecule has 0 N–H and O–H groups in total. The number of ether oxygens (including phenoxy) is 1. The Kier molecular flexibility index (Phi) is 6.14. The number of halogens is 6. The molecule has 1 atom stereocenters. The first-order valence-electron chi connectivity index (χ1n) is 11.0. The van der Waals surface area contributed by atoms with Crippen molar-refractivity contribution in [3.8, 4) is 0 Å². The van der Waals surface area contributed by atoms with Crippen molar-refractivity contribution in [2.24, 2.45) is 4.40 Å². The summed E-state index contributed by atoms with van der Waals surface area (Å²) in [5.74, 6) is -0.870. The van der Waals surface area contributed by atoms with Crippen LogP contribution in [-0.2, 0) is 26.5 Å². The first-order chi connectivity index (χ1) is 16.5. The van der Waals surface area contributed by atoms with E-state index in [9.17, 15) is 22.4 Å². The summed E-state index contributed by atoms with van der Waals surface area (Å²) in [7, 11) is 0. The molecule has 186 valence electrons. The number of fused-ring (bicyclic) bond motifs is 2. The fourth-order valence-electron chi connectivity index (χ4n) is 4.86. The number of rotatable bonds is 4. The first kappa shape index (κ1) is 24.9. The minimum absolute atomic E-state index is 0.0913. The zero-order valence-corrected chi connectivity index (χ0v) is 20.8. The molecule has 1 fully saturated rings. The smallest absolute Gasteiger partial charge is 0.362 e. The number of amides is 1. The van der Waals surface area contributed by atoms with Crippen LogP contribution >= 0.6 is 35.1 Å². The molecule has 0 radical (unpaired) electrons. The normalized spacial score (nSPS) is 22.8. The summed E-state index contributed by atoms with van der Waals surface area (Å²) in [6, 6.07) is 7.32. The molecule has 0 bridgehead atoms. The van der Waals surface area contributed by atoms with Gasteiger partial charge in [0.05, 0.1) is 35.5 Å². The van der Waals surface area contributed by atoms with E-state index < -0.39 is 38.8 Å². The van der Waals surface area contributed by atoms with E-state index in [0.29, 0.717) is 43.6 Å². The van der Waals surface area contributed by atoms with Crippen LogP contribution in [0.2, 0.25) is 10.0 Å². The zero-order valence-electron chi connectivity index (χ0n) is 18.5. The van der Waals surface area contributed by atoms with Crippen molar-refractivity contribution in [3.63, 3.8) is 0 Å². The SMILES string of the molecule is CCCC(=O)N1CC2(C1)OCc1cc(C3=NSC(c4cc(Cl)c(F)c(Cl)c4)(C(F)(F)F)C3)ccc12. The summed E-state index contributed by atoms with van der Waals surface area (Å²) in [6.07, 6.45) is -3.88. The predicted octanol–water partition coefficient (Wildman–Crippen LogP) is 6.80. The molecule has 1 saturated heterocycles. The minimum atomic E-state index is -4.70. The second-order valence-corrected chi connectivity index (χ2v) is 10.9. The average molecular weight is 547 g/mol. The number of benzene rings is 2. The molecule has 0 saturated carbocycles. The molecule has 3 aliphatic heterocycles. The summed E-state index contributed by atoms with van der Waals surface area (Å²) in [6.45, 7) is 3.20. The van der Waals surface area contributed by atoms with Crippen molar-refractivity contribution in [2.45, 2.75) is 49.3 Å². The van der Waals surface area contributed by atoms with E-state index in [1.807, 2.05) is 13.0 Å². The van der Waals surface area contributed by atoms with Crippen LogP contribution in [0.5, 0.6) is 0 Å².